The van der Waals surface area contributed by atoms with Crippen LogP contribution in [0, 0.1) is 0 Å². The monoisotopic (exact) mass is 1040 g/mol. The number of pyridine rings is 4. The van der Waals surface area contributed by atoms with Gasteiger partial charge in [-0.1, -0.05) is 140 Å². The molecule has 4 atom stereocenters. The van der Waals surface area contributed by atoms with Gasteiger partial charge in [0.15, 0.2) is 0 Å². The molecule has 0 radical (unpaired) electrons. The summed E-state index contributed by atoms with van der Waals surface area (Å²) < 4.78 is 17.7. The molecule has 0 bridgehead atoms. The van der Waals surface area contributed by atoms with E-state index in [0.717, 1.165) is 81.6 Å². The van der Waals surface area contributed by atoms with Gasteiger partial charge >= 0.3 is 0 Å². The SMILES string of the molecule is CN1C(N(C2=CCCC=C2)C2C=CC=C(c3ccccn3)C2)=CC=CC1P(=O)(c1cccc(N(c2ccccc2)c2cccc(-c3ccccn3)c2)n1)c1cccc(N(c2ccccc2)c2cccc(C3C=CC=CN3)c2)n1. The lowest BCUT2D eigenvalue weighted by molar-refractivity contribution is 0.248. The molecule has 4 aliphatic rings. The first-order chi connectivity index (χ1) is 38.5. The first kappa shape index (κ1) is 49.5. The van der Waals surface area contributed by atoms with Gasteiger partial charge in [-0.3, -0.25) is 19.8 Å². The number of rotatable bonds is 15. The number of anilines is 6. The van der Waals surface area contributed by atoms with Crippen LogP contribution in [-0.4, -0.2) is 48.6 Å². The number of hydrogen-bond donors (Lipinski definition) is 1. The summed E-state index contributed by atoms with van der Waals surface area (Å²) in [4.78, 5) is 29.4. The van der Waals surface area contributed by atoms with E-state index in [4.69, 9.17) is 15.0 Å². The van der Waals surface area contributed by atoms with Gasteiger partial charge in [0.2, 0.25) is 7.14 Å². The minimum absolute atomic E-state index is 0.00427. The quantitative estimate of drug-likeness (QED) is 0.100. The molecule has 10 nitrogen and oxygen atoms in total. The summed E-state index contributed by atoms with van der Waals surface area (Å²) in [7, 11) is -1.92. The first-order valence-corrected chi connectivity index (χ1v) is 28.3. The Labute approximate surface area is 456 Å². The van der Waals surface area contributed by atoms with E-state index < -0.39 is 12.9 Å². The fourth-order valence-corrected chi connectivity index (χ4v) is 13.6. The van der Waals surface area contributed by atoms with Crippen molar-refractivity contribution in [3.8, 4) is 11.3 Å². The Kier molecular flexibility index (Phi) is 14.3. The Bertz CT molecular complexity index is 3740. The van der Waals surface area contributed by atoms with E-state index in [1.165, 1.54) is 0 Å². The van der Waals surface area contributed by atoms with E-state index in [1.54, 1.807) is 0 Å². The molecule has 382 valence electrons. The van der Waals surface area contributed by atoms with Crippen molar-refractivity contribution in [2.24, 2.45) is 0 Å². The largest absolute Gasteiger partial charge is 0.381 e. The Morgan fingerprint density at radius 1 is 0.577 bits per heavy atom. The molecule has 0 saturated carbocycles. The molecular weight excluding hydrogens is 978 g/mol. The van der Waals surface area contributed by atoms with Crippen LogP contribution in [0.5, 0.6) is 0 Å². The highest BCUT2D eigenvalue weighted by atomic mass is 31.2. The lowest BCUT2D eigenvalue weighted by Gasteiger charge is -2.45. The van der Waals surface area contributed by atoms with E-state index in [2.05, 4.69) is 177 Å². The van der Waals surface area contributed by atoms with Crippen LogP contribution in [0.15, 0.2) is 285 Å². The van der Waals surface area contributed by atoms with Crippen molar-refractivity contribution >= 4 is 58.0 Å². The molecule has 2 aliphatic carbocycles. The van der Waals surface area contributed by atoms with E-state index in [1.807, 2.05) is 134 Å². The molecule has 4 aromatic heterocycles. The Hall–Kier alpha value is -9.37. The van der Waals surface area contributed by atoms with Crippen LogP contribution >= 0.6 is 7.14 Å². The highest BCUT2D eigenvalue weighted by Gasteiger charge is 2.44. The Balaban J connectivity index is 1.01. The van der Waals surface area contributed by atoms with Gasteiger partial charge in [0.05, 0.1) is 23.5 Å². The fourth-order valence-electron chi connectivity index (χ4n) is 10.8. The predicted octanol–water partition coefficient (Wildman–Crippen LogP) is 14.5. The number of aromatic nitrogens is 4. The zero-order valence-corrected chi connectivity index (χ0v) is 44.2. The molecule has 0 fully saturated rings. The number of likely N-dealkylation sites (N-methyl/N-ethyl adjacent to an activating group) is 1. The molecular formula is C67H58N9OP. The average Bonchev–Trinajstić information content (AvgIpc) is 3.65. The van der Waals surface area contributed by atoms with Crippen LogP contribution < -0.4 is 26.0 Å². The van der Waals surface area contributed by atoms with Crippen LogP contribution in [0.2, 0.25) is 0 Å². The molecule has 0 spiro atoms. The zero-order chi connectivity index (χ0) is 52.7. The van der Waals surface area contributed by atoms with Gasteiger partial charge in [-0.15, -0.1) is 0 Å². The molecule has 4 unspecified atom stereocenters. The van der Waals surface area contributed by atoms with Gasteiger partial charge in [0.25, 0.3) is 0 Å². The zero-order valence-electron chi connectivity index (χ0n) is 43.3. The van der Waals surface area contributed by atoms with Gasteiger partial charge in [-0.05, 0) is 152 Å². The topological polar surface area (TPSA) is 93.6 Å². The van der Waals surface area contributed by atoms with Crippen LogP contribution in [0.1, 0.15) is 36.6 Å². The van der Waals surface area contributed by atoms with Crippen molar-refractivity contribution in [1.29, 1.82) is 0 Å². The molecule has 78 heavy (non-hydrogen) atoms. The number of allylic oxidation sites excluding steroid dienone is 9. The maximum atomic E-state index is 17.7. The lowest BCUT2D eigenvalue weighted by Crippen LogP contribution is -2.46. The van der Waals surface area contributed by atoms with E-state index in [-0.39, 0.29) is 12.1 Å². The number of nitrogens with one attached hydrogen (secondary N) is 1. The number of benzene rings is 4. The predicted molar refractivity (Wildman–Crippen MR) is 319 cm³/mol. The van der Waals surface area contributed by atoms with Crippen molar-refractivity contribution in [2.75, 3.05) is 16.8 Å². The van der Waals surface area contributed by atoms with Crippen LogP contribution in [-0.2, 0) is 4.57 Å². The number of dihydropyridines is 1. The van der Waals surface area contributed by atoms with Crippen molar-refractivity contribution in [3.63, 3.8) is 0 Å². The molecule has 2 aliphatic heterocycles. The summed E-state index contributed by atoms with van der Waals surface area (Å²) in [5.74, 6) is 1.41. The smallest absolute Gasteiger partial charge is 0.203 e. The van der Waals surface area contributed by atoms with Gasteiger partial charge in [0, 0.05) is 53.5 Å². The lowest BCUT2D eigenvalue weighted by atomic mass is 9.95. The number of para-hydroxylation sites is 2. The summed E-state index contributed by atoms with van der Waals surface area (Å²) in [5, 5.41) is 3.49. The van der Waals surface area contributed by atoms with E-state index in [9.17, 15) is 0 Å². The second-order valence-electron chi connectivity index (χ2n) is 19.4. The molecule has 11 heteroatoms. The third kappa shape index (κ3) is 10.1. The summed E-state index contributed by atoms with van der Waals surface area (Å²) in [6.45, 7) is 0. The second kappa shape index (κ2) is 22.5. The fraction of sp³-hybridized carbons (Fsp3) is 0.104. The van der Waals surface area contributed by atoms with Crippen molar-refractivity contribution in [1.82, 2.24) is 35.1 Å². The molecule has 1 N–H and O–H groups in total. The molecule has 8 aromatic rings. The summed E-state index contributed by atoms with van der Waals surface area (Å²) >= 11 is 0. The standard InChI is InChI=1S/C67H58N9OP/c1-73-66(76(55-30-9-4-10-31-55)58-34-19-25-52(49-58)61-37-13-16-46-70-61)42-22-43-67(73)78(77,64-40-20-38-62(71-64)74(53-26-5-2-6-27-53)56-32-17-23-50(47-56)59-35-11-14-44-68-59)65-41-21-39-63(72-65)75(54-28-7-3-8-29-54)57-33-18-24-51(48-57)60-36-12-15-45-69-60/h2-3,5-9,11-48,58-59,67-68H,4,10,49H2,1H3. The minimum atomic E-state index is -3.98. The van der Waals surface area contributed by atoms with E-state index in [0.29, 0.717) is 22.5 Å². The molecule has 4 aromatic carbocycles. The average molecular weight is 1040 g/mol. The van der Waals surface area contributed by atoms with Gasteiger partial charge < -0.3 is 19.7 Å². The highest BCUT2D eigenvalue weighted by Crippen LogP contribution is 2.53. The third-order valence-electron chi connectivity index (χ3n) is 14.5. The summed E-state index contributed by atoms with van der Waals surface area (Å²) in [6, 6.07) is 61.0. The maximum absolute atomic E-state index is 17.7. The summed E-state index contributed by atoms with van der Waals surface area (Å²) in [6.07, 6.45) is 34.1. The molecule has 0 amide bonds. The van der Waals surface area contributed by atoms with Gasteiger partial charge in [-0.25, -0.2) is 9.97 Å². The number of nitrogens with zero attached hydrogens (tertiary/aromatic N) is 8. The van der Waals surface area contributed by atoms with Crippen LogP contribution in [0.3, 0.4) is 0 Å². The van der Waals surface area contributed by atoms with Crippen LogP contribution in [0.25, 0.3) is 16.8 Å². The maximum Gasteiger partial charge on any atom is 0.203 e. The van der Waals surface area contributed by atoms with Gasteiger partial charge in [-0.2, -0.15) is 0 Å². The molecule has 0 saturated heterocycles. The van der Waals surface area contributed by atoms with Gasteiger partial charge in [0.1, 0.15) is 34.1 Å². The minimum Gasteiger partial charge on any atom is -0.381 e. The second-order valence-corrected chi connectivity index (χ2v) is 22.2. The highest BCUT2D eigenvalue weighted by molar-refractivity contribution is 7.79. The van der Waals surface area contributed by atoms with Crippen molar-refractivity contribution in [2.45, 2.75) is 37.1 Å². The molecule has 6 heterocycles. The summed E-state index contributed by atoms with van der Waals surface area (Å²) in [5.41, 5.74) is 10.6. The third-order valence-corrected chi connectivity index (χ3v) is 17.6. The normalized spacial score (nSPS) is 18.2. The Morgan fingerprint density at radius 2 is 1.21 bits per heavy atom. The van der Waals surface area contributed by atoms with E-state index >= 15 is 4.57 Å². The first-order valence-electron chi connectivity index (χ1n) is 26.5. The Morgan fingerprint density at radius 3 is 1.85 bits per heavy atom. The van der Waals surface area contributed by atoms with Crippen molar-refractivity contribution in [3.05, 3.63) is 296 Å². The molecule has 12 rings (SSSR count). The van der Waals surface area contributed by atoms with Crippen molar-refractivity contribution < 1.29 is 4.57 Å². The van der Waals surface area contributed by atoms with Crippen LogP contribution in [0.4, 0.5) is 34.4 Å². The number of hydrogen-bond acceptors (Lipinski definition) is 10.